The Labute approximate surface area is 75.4 Å². The first-order chi connectivity index (χ1) is 5.43. The van der Waals surface area contributed by atoms with Gasteiger partial charge in [0.25, 0.3) is 0 Å². The second kappa shape index (κ2) is 3.35. The zero-order chi connectivity index (χ0) is 9.35. The van der Waals surface area contributed by atoms with Crippen LogP contribution in [0.1, 0.15) is 34.1 Å². The molecule has 0 spiro atoms. The van der Waals surface area contributed by atoms with Crippen LogP contribution < -0.4 is 5.32 Å². The molecule has 2 N–H and O–H groups in total. The summed E-state index contributed by atoms with van der Waals surface area (Å²) in [6, 6.07) is 0.662. The van der Waals surface area contributed by atoms with Crippen LogP contribution in [0, 0.1) is 11.8 Å². The molecule has 0 aromatic heterocycles. The second-order valence-corrected chi connectivity index (χ2v) is 4.71. The van der Waals surface area contributed by atoms with Gasteiger partial charge < -0.3 is 10.4 Å². The maximum Gasteiger partial charge on any atom is 0.0766 e. The molecule has 1 fully saturated rings. The normalized spacial score (nSPS) is 33.5. The summed E-state index contributed by atoms with van der Waals surface area (Å²) in [4.78, 5) is 0. The first kappa shape index (κ1) is 10.0. The number of nitrogens with one attached hydrogen (secondary N) is 1. The standard InChI is InChI=1S/C10H21NO/c1-7(2)10(4,12)6-11-9-5-8(9)3/h7-9,11-12H,5-6H2,1-4H3. The summed E-state index contributed by atoms with van der Waals surface area (Å²) in [5, 5.41) is 13.3. The lowest BCUT2D eigenvalue weighted by Crippen LogP contribution is -2.43. The zero-order valence-electron chi connectivity index (χ0n) is 8.59. The van der Waals surface area contributed by atoms with Gasteiger partial charge in [-0.2, -0.15) is 0 Å². The van der Waals surface area contributed by atoms with Gasteiger partial charge in [0.05, 0.1) is 5.60 Å². The maximum absolute atomic E-state index is 9.89. The van der Waals surface area contributed by atoms with E-state index in [4.69, 9.17) is 0 Å². The fourth-order valence-electron chi connectivity index (χ4n) is 1.15. The molecule has 1 aliphatic carbocycles. The Morgan fingerprint density at radius 3 is 2.42 bits per heavy atom. The molecule has 2 heteroatoms. The monoisotopic (exact) mass is 171 g/mol. The fraction of sp³-hybridized carbons (Fsp3) is 1.00. The van der Waals surface area contributed by atoms with E-state index in [1.807, 2.05) is 6.92 Å². The largest absolute Gasteiger partial charge is 0.389 e. The van der Waals surface area contributed by atoms with Crippen molar-refractivity contribution in [3.8, 4) is 0 Å². The molecule has 1 rings (SSSR count). The zero-order valence-corrected chi connectivity index (χ0v) is 8.59. The maximum atomic E-state index is 9.89. The Morgan fingerprint density at radius 2 is 2.08 bits per heavy atom. The van der Waals surface area contributed by atoms with Crippen LogP contribution >= 0.6 is 0 Å². The van der Waals surface area contributed by atoms with E-state index in [-0.39, 0.29) is 0 Å². The topological polar surface area (TPSA) is 32.3 Å². The molecule has 3 unspecified atom stereocenters. The van der Waals surface area contributed by atoms with Crippen molar-refractivity contribution < 1.29 is 5.11 Å². The molecular weight excluding hydrogens is 150 g/mol. The average molecular weight is 171 g/mol. The molecule has 0 amide bonds. The Kier molecular flexibility index (Phi) is 2.79. The van der Waals surface area contributed by atoms with Crippen molar-refractivity contribution in [2.45, 2.75) is 45.8 Å². The van der Waals surface area contributed by atoms with Gasteiger partial charge in [-0.3, -0.25) is 0 Å². The van der Waals surface area contributed by atoms with Gasteiger partial charge in [-0.15, -0.1) is 0 Å². The van der Waals surface area contributed by atoms with E-state index in [9.17, 15) is 5.11 Å². The molecule has 0 aromatic rings. The lowest BCUT2D eigenvalue weighted by Gasteiger charge is -2.28. The number of hydrogen-bond donors (Lipinski definition) is 2. The van der Waals surface area contributed by atoms with E-state index in [1.165, 1.54) is 6.42 Å². The van der Waals surface area contributed by atoms with Crippen LogP contribution in [0.3, 0.4) is 0 Å². The van der Waals surface area contributed by atoms with Crippen LogP contribution in [0.5, 0.6) is 0 Å². The Hall–Kier alpha value is -0.0800. The summed E-state index contributed by atoms with van der Waals surface area (Å²) in [6.07, 6.45) is 1.27. The van der Waals surface area contributed by atoms with Crippen LogP contribution in [0.2, 0.25) is 0 Å². The van der Waals surface area contributed by atoms with Crippen LogP contribution in [-0.4, -0.2) is 23.3 Å². The summed E-state index contributed by atoms with van der Waals surface area (Å²) in [5.74, 6) is 1.13. The van der Waals surface area contributed by atoms with Crippen molar-refractivity contribution in [2.75, 3.05) is 6.54 Å². The van der Waals surface area contributed by atoms with Gasteiger partial charge in [0.15, 0.2) is 0 Å². The molecule has 72 valence electrons. The quantitative estimate of drug-likeness (QED) is 0.670. The Balaban J connectivity index is 2.21. The summed E-state index contributed by atoms with van der Waals surface area (Å²) in [6.45, 7) is 8.97. The van der Waals surface area contributed by atoms with Gasteiger partial charge >= 0.3 is 0 Å². The van der Waals surface area contributed by atoms with Crippen molar-refractivity contribution in [1.82, 2.24) is 5.32 Å². The molecule has 0 aliphatic heterocycles. The molecule has 1 saturated carbocycles. The lowest BCUT2D eigenvalue weighted by molar-refractivity contribution is 0.0137. The molecule has 0 saturated heterocycles. The third-order valence-corrected chi connectivity index (χ3v) is 3.08. The third-order valence-electron chi connectivity index (χ3n) is 3.08. The highest BCUT2D eigenvalue weighted by molar-refractivity contribution is 4.92. The molecule has 12 heavy (non-hydrogen) atoms. The lowest BCUT2D eigenvalue weighted by atomic mass is 9.92. The smallest absolute Gasteiger partial charge is 0.0766 e. The van der Waals surface area contributed by atoms with Crippen molar-refractivity contribution in [3.63, 3.8) is 0 Å². The predicted molar refractivity (Wildman–Crippen MR) is 51.0 cm³/mol. The van der Waals surface area contributed by atoms with Crippen LogP contribution in [0.15, 0.2) is 0 Å². The van der Waals surface area contributed by atoms with E-state index < -0.39 is 5.60 Å². The van der Waals surface area contributed by atoms with Crippen LogP contribution in [-0.2, 0) is 0 Å². The van der Waals surface area contributed by atoms with Gasteiger partial charge in [-0.25, -0.2) is 0 Å². The summed E-state index contributed by atoms with van der Waals surface area (Å²) in [7, 11) is 0. The summed E-state index contributed by atoms with van der Waals surface area (Å²) in [5.41, 5.74) is -0.553. The van der Waals surface area contributed by atoms with Crippen LogP contribution in [0.4, 0.5) is 0 Å². The average Bonchev–Trinajstić information content (AvgIpc) is 2.62. The SMILES string of the molecule is CC1CC1NCC(C)(O)C(C)C. The number of aliphatic hydroxyl groups is 1. The van der Waals surface area contributed by atoms with Gasteiger partial charge in [-0.05, 0) is 25.2 Å². The minimum atomic E-state index is -0.553. The van der Waals surface area contributed by atoms with Gasteiger partial charge in [0, 0.05) is 12.6 Å². The van der Waals surface area contributed by atoms with E-state index in [0.717, 1.165) is 12.5 Å². The first-order valence-corrected chi connectivity index (χ1v) is 4.89. The number of hydrogen-bond acceptors (Lipinski definition) is 2. The fourth-order valence-corrected chi connectivity index (χ4v) is 1.15. The minimum absolute atomic E-state index is 0.319. The van der Waals surface area contributed by atoms with E-state index >= 15 is 0 Å². The third kappa shape index (κ3) is 2.46. The highest BCUT2D eigenvalue weighted by Gasteiger charge is 2.34. The molecule has 3 atom stereocenters. The molecular formula is C10H21NO. The van der Waals surface area contributed by atoms with E-state index in [2.05, 4.69) is 26.1 Å². The molecule has 0 bridgehead atoms. The molecule has 1 aliphatic rings. The summed E-state index contributed by atoms with van der Waals surface area (Å²) < 4.78 is 0. The Morgan fingerprint density at radius 1 is 1.58 bits per heavy atom. The molecule has 0 heterocycles. The van der Waals surface area contributed by atoms with Crippen molar-refractivity contribution in [2.24, 2.45) is 11.8 Å². The van der Waals surface area contributed by atoms with Crippen LogP contribution in [0.25, 0.3) is 0 Å². The molecule has 0 radical (unpaired) electrons. The first-order valence-electron chi connectivity index (χ1n) is 4.89. The van der Waals surface area contributed by atoms with Gasteiger partial charge in [0.2, 0.25) is 0 Å². The predicted octanol–water partition coefficient (Wildman–Crippen LogP) is 1.39. The van der Waals surface area contributed by atoms with Crippen molar-refractivity contribution in [1.29, 1.82) is 0 Å². The van der Waals surface area contributed by atoms with E-state index in [0.29, 0.717) is 12.0 Å². The Bertz CT molecular complexity index is 154. The summed E-state index contributed by atoms with van der Waals surface area (Å²) >= 11 is 0. The molecule has 2 nitrogen and oxygen atoms in total. The second-order valence-electron chi connectivity index (χ2n) is 4.71. The minimum Gasteiger partial charge on any atom is -0.389 e. The van der Waals surface area contributed by atoms with Crippen molar-refractivity contribution >= 4 is 0 Å². The highest BCUT2D eigenvalue weighted by Crippen LogP contribution is 2.29. The van der Waals surface area contributed by atoms with Gasteiger partial charge in [-0.1, -0.05) is 20.8 Å². The number of rotatable bonds is 4. The van der Waals surface area contributed by atoms with Crippen molar-refractivity contribution in [3.05, 3.63) is 0 Å². The van der Waals surface area contributed by atoms with E-state index in [1.54, 1.807) is 0 Å². The molecule has 0 aromatic carbocycles. The highest BCUT2D eigenvalue weighted by atomic mass is 16.3. The van der Waals surface area contributed by atoms with Gasteiger partial charge in [0.1, 0.15) is 0 Å².